The molecule has 1 aromatic carbocycles. The van der Waals surface area contributed by atoms with Crippen LogP contribution in [-0.2, 0) is 10.0 Å². The summed E-state index contributed by atoms with van der Waals surface area (Å²) in [4.78, 5) is 0. The lowest BCUT2D eigenvalue weighted by molar-refractivity contribution is 0.603. The number of sulfonamides is 1. The second kappa shape index (κ2) is 5.51. The summed E-state index contributed by atoms with van der Waals surface area (Å²) in [6.07, 6.45) is 0. The monoisotopic (exact) mass is 376 g/mol. The Labute approximate surface area is 127 Å². The molecule has 19 heavy (non-hydrogen) atoms. The molecular formula is C11H6BrClN2O2S2. The average Bonchev–Trinajstić information content (AvgIpc) is 2.70. The molecule has 1 N–H and O–H groups in total. The first-order valence-electron chi connectivity index (χ1n) is 4.90. The van der Waals surface area contributed by atoms with Crippen LogP contribution in [0.2, 0.25) is 5.02 Å². The van der Waals surface area contributed by atoms with E-state index in [2.05, 4.69) is 20.7 Å². The van der Waals surface area contributed by atoms with Crippen LogP contribution in [0.15, 0.2) is 38.3 Å². The lowest BCUT2D eigenvalue weighted by Crippen LogP contribution is -2.11. The summed E-state index contributed by atoms with van der Waals surface area (Å²) >= 11 is 10.0. The largest absolute Gasteiger partial charge is 0.279 e. The number of nitrogens with zero attached hydrogens (tertiary/aromatic N) is 1. The number of nitriles is 1. The molecule has 2 rings (SSSR count). The summed E-state index contributed by atoms with van der Waals surface area (Å²) in [7, 11) is -3.70. The molecule has 0 spiro atoms. The minimum Gasteiger partial charge on any atom is -0.279 e. The molecule has 0 unspecified atom stereocenters. The summed E-state index contributed by atoms with van der Waals surface area (Å²) in [6.45, 7) is 0. The SMILES string of the molecule is N#Cc1cccc(NS(=O)(=O)c2cc(Cl)c(Br)s2)c1. The van der Waals surface area contributed by atoms with Gasteiger partial charge in [0.15, 0.2) is 0 Å². The Morgan fingerprint density at radius 3 is 2.68 bits per heavy atom. The van der Waals surface area contributed by atoms with Crippen molar-refractivity contribution in [3.8, 4) is 6.07 Å². The van der Waals surface area contributed by atoms with Crippen LogP contribution in [0, 0.1) is 11.3 Å². The quantitative estimate of drug-likeness (QED) is 0.883. The highest BCUT2D eigenvalue weighted by Gasteiger charge is 2.19. The van der Waals surface area contributed by atoms with Crippen molar-refractivity contribution in [3.63, 3.8) is 0 Å². The Bertz CT molecular complexity index is 746. The minimum atomic E-state index is -3.70. The number of hydrogen-bond donors (Lipinski definition) is 1. The third-order valence-corrected chi connectivity index (χ3v) is 6.46. The van der Waals surface area contributed by atoms with Gasteiger partial charge in [-0.2, -0.15) is 5.26 Å². The van der Waals surface area contributed by atoms with E-state index >= 15 is 0 Å². The van der Waals surface area contributed by atoms with Crippen LogP contribution in [0.4, 0.5) is 5.69 Å². The fourth-order valence-electron chi connectivity index (χ4n) is 1.32. The first-order valence-corrected chi connectivity index (χ1v) is 8.37. The zero-order valence-electron chi connectivity index (χ0n) is 9.22. The van der Waals surface area contributed by atoms with E-state index in [1.165, 1.54) is 12.1 Å². The van der Waals surface area contributed by atoms with Gasteiger partial charge in [-0.15, -0.1) is 11.3 Å². The zero-order valence-corrected chi connectivity index (χ0v) is 13.2. The summed E-state index contributed by atoms with van der Waals surface area (Å²) in [5.74, 6) is 0. The summed E-state index contributed by atoms with van der Waals surface area (Å²) in [5.41, 5.74) is 0.713. The van der Waals surface area contributed by atoms with Gasteiger partial charge in [0.05, 0.1) is 26.1 Å². The van der Waals surface area contributed by atoms with Gasteiger partial charge in [-0.25, -0.2) is 8.42 Å². The summed E-state index contributed by atoms with van der Waals surface area (Å²) in [6, 6.07) is 9.54. The van der Waals surface area contributed by atoms with Crippen molar-refractivity contribution in [2.24, 2.45) is 0 Å². The number of halogens is 2. The average molecular weight is 378 g/mol. The van der Waals surface area contributed by atoms with Crippen molar-refractivity contribution in [2.75, 3.05) is 4.72 Å². The van der Waals surface area contributed by atoms with Crippen LogP contribution in [0.3, 0.4) is 0 Å². The Morgan fingerprint density at radius 2 is 2.11 bits per heavy atom. The van der Waals surface area contributed by atoms with Crippen molar-refractivity contribution in [1.82, 2.24) is 0 Å². The van der Waals surface area contributed by atoms with Crippen molar-refractivity contribution in [1.29, 1.82) is 5.26 Å². The maximum absolute atomic E-state index is 12.1. The Balaban J connectivity index is 2.34. The lowest BCUT2D eigenvalue weighted by Gasteiger charge is -2.05. The molecule has 0 amide bonds. The third kappa shape index (κ3) is 3.28. The van der Waals surface area contributed by atoms with Gasteiger partial charge in [0.25, 0.3) is 10.0 Å². The van der Waals surface area contributed by atoms with Crippen LogP contribution in [0.1, 0.15) is 5.56 Å². The number of anilines is 1. The molecule has 0 aliphatic rings. The van der Waals surface area contributed by atoms with Gasteiger partial charge in [0.2, 0.25) is 0 Å². The number of benzene rings is 1. The predicted octanol–water partition coefficient (Wildman–Crippen LogP) is 3.84. The second-order valence-electron chi connectivity index (χ2n) is 3.49. The van der Waals surface area contributed by atoms with Gasteiger partial charge < -0.3 is 0 Å². The number of rotatable bonds is 3. The standard InChI is InChI=1S/C11H6BrClN2O2S2/c12-11-9(13)5-10(18-11)19(16,17)15-8-3-1-2-7(4-8)6-14/h1-5,15H. The minimum absolute atomic E-state index is 0.103. The Morgan fingerprint density at radius 1 is 1.37 bits per heavy atom. The van der Waals surface area contributed by atoms with E-state index in [1.54, 1.807) is 18.2 Å². The molecule has 0 aliphatic heterocycles. The van der Waals surface area contributed by atoms with E-state index in [-0.39, 0.29) is 4.21 Å². The maximum Gasteiger partial charge on any atom is 0.271 e. The van der Waals surface area contributed by atoms with Gasteiger partial charge in [-0.3, -0.25) is 4.72 Å². The van der Waals surface area contributed by atoms with Gasteiger partial charge >= 0.3 is 0 Å². The molecule has 2 aromatic rings. The van der Waals surface area contributed by atoms with E-state index in [0.717, 1.165) is 11.3 Å². The number of nitrogens with one attached hydrogen (secondary N) is 1. The lowest BCUT2D eigenvalue weighted by atomic mass is 10.2. The molecule has 4 nitrogen and oxygen atoms in total. The number of thiophene rings is 1. The van der Waals surface area contributed by atoms with Gasteiger partial charge in [0.1, 0.15) is 4.21 Å². The van der Waals surface area contributed by atoms with Crippen molar-refractivity contribution in [2.45, 2.75) is 4.21 Å². The third-order valence-electron chi connectivity index (χ3n) is 2.13. The molecule has 0 saturated heterocycles. The molecule has 0 aliphatic carbocycles. The molecular weight excluding hydrogens is 372 g/mol. The fraction of sp³-hybridized carbons (Fsp3) is 0. The van der Waals surface area contributed by atoms with Crippen LogP contribution in [0.5, 0.6) is 0 Å². The number of hydrogen-bond acceptors (Lipinski definition) is 4. The fourth-order valence-corrected chi connectivity index (χ4v) is 4.76. The molecule has 8 heteroatoms. The first-order chi connectivity index (χ1) is 8.92. The van der Waals surface area contributed by atoms with Crippen LogP contribution in [0.25, 0.3) is 0 Å². The van der Waals surface area contributed by atoms with Gasteiger partial charge in [-0.05, 0) is 40.2 Å². The first kappa shape index (κ1) is 14.3. The summed E-state index contributed by atoms with van der Waals surface area (Å²) in [5, 5.41) is 9.11. The van der Waals surface area contributed by atoms with Crippen molar-refractivity contribution < 1.29 is 8.42 Å². The van der Waals surface area contributed by atoms with E-state index in [0.29, 0.717) is 20.1 Å². The molecule has 0 fully saturated rings. The Hall–Kier alpha value is -1.07. The van der Waals surface area contributed by atoms with Gasteiger partial charge in [-0.1, -0.05) is 17.7 Å². The molecule has 0 saturated carbocycles. The molecule has 0 atom stereocenters. The van der Waals surface area contributed by atoms with Crippen LogP contribution in [-0.4, -0.2) is 8.42 Å². The normalized spacial score (nSPS) is 11.0. The van der Waals surface area contributed by atoms with E-state index < -0.39 is 10.0 Å². The highest BCUT2D eigenvalue weighted by molar-refractivity contribution is 9.11. The zero-order chi connectivity index (χ0) is 14.0. The van der Waals surface area contributed by atoms with Crippen LogP contribution < -0.4 is 4.72 Å². The molecule has 1 heterocycles. The smallest absolute Gasteiger partial charge is 0.271 e. The van der Waals surface area contributed by atoms with E-state index in [9.17, 15) is 8.42 Å². The van der Waals surface area contributed by atoms with Crippen molar-refractivity contribution in [3.05, 3.63) is 44.7 Å². The maximum atomic E-state index is 12.1. The topological polar surface area (TPSA) is 70.0 Å². The molecule has 1 aromatic heterocycles. The molecule has 0 bridgehead atoms. The van der Waals surface area contributed by atoms with Gasteiger partial charge in [0, 0.05) is 0 Å². The predicted molar refractivity (Wildman–Crippen MR) is 79.0 cm³/mol. The van der Waals surface area contributed by atoms with Crippen LogP contribution >= 0.6 is 38.9 Å². The highest BCUT2D eigenvalue weighted by atomic mass is 79.9. The molecule has 98 valence electrons. The van der Waals surface area contributed by atoms with E-state index in [4.69, 9.17) is 16.9 Å². The highest BCUT2D eigenvalue weighted by Crippen LogP contribution is 2.35. The summed E-state index contributed by atoms with van der Waals surface area (Å²) < 4.78 is 27.3. The second-order valence-corrected chi connectivity index (χ2v) is 8.17. The molecule has 0 radical (unpaired) electrons. The van der Waals surface area contributed by atoms with Crippen molar-refractivity contribution >= 4 is 54.6 Å². The van der Waals surface area contributed by atoms with E-state index in [1.807, 2.05) is 6.07 Å². The Kier molecular flexibility index (Phi) is 4.16.